The van der Waals surface area contributed by atoms with Gasteiger partial charge in [-0.25, -0.2) is 0 Å². The van der Waals surface area contributed by atoms with Gasteiger partial charge in [0.2, 0.25) is 5.91 Å². The average Bonchev–Trinajstić information content (AvgIpc) is 2.97. The zero-order valence-electron chi connectivity index (χ0n) is 12.6. The highest BCUT2D eigenvalue weighted by Crippen LogP contribution is 2.38. The Labute approximate surface area is 130 Å². The molecule has 0 saturated carbocycles. The van der Waals surface area contributed by atoms with Gasteiger partial charge >= 0.3 is 0 Å². The zero-order valence-corrected chi connectivity index (χ0v) is 12.6. The van der Waals surface area contributed by atoms with Crippen molar-refractivity contribution >= 4 is 23.0 Å². The number of amides is 1. The van der Waals surface area contributed by atoms with Gasteiger partial charge in [0.05, 0.1) is 11.4 Å². The van der Waals surface area contributed by atoms with Crippen molar-refractivity contribution < 1.29 is 4.79 Å². The standard InChI is InChI=1S/C18H21N3O/c19-12-5-10-18(22)20-15-7-2-4-9-17(15)21-13-11-14-6-1-3-8-16(14)21/h1-4,6-9H,5,10-13,19H2,(H,20,22). The van der Waals surface area contributed by atoms with Gasteiger partial charge in [-0.15, -0.1) is 0 Å². The summed E-state index contributed by atoms with van der Waals surface area (Å²) in [4.78, 5) is 14.3. The molecule has 4 nitrogen and oxygen atoms in total. The minimum Gasteiger partial charge on any atom is -0.339 e. The molecule has 114 valence electrons. The van der Waals surface area contributed by atoms with Crippen LogP contribution in [0.2, 0.25) is 0 Å². The van der Waals surface area contributed by atoms with E-state index >= 15 is 0 Å². The molecule has 3 rings (SSSR count). The van der Waals surface area contributed by atoms with Gasteiger partial charge in [0.25, 0.3) is 0 Å². The van der Waals surface area contributed by atoms with Gasteiger partial charge in [-0.2, -0.15) is 0 Å². The van der Waals surface area contributed by atoms with E-state index in [0.29, 0.717) is 19.4 Å². The number of anilines is 3. The first-order valence-electron chi connectivity index (χ1n) is 7.74. The number of nitrogens with zero attached hydrogens (tertiary/aromatic N) is 1. The first-order valence-corrected chi connectivity index (χ1v) is 7.74. The highest BCUT2D eigenvalue weighted by molar-refractivity contribution is 5.95. The van der Waals surface area contributed by atoms with Crippen molar-refractivity contribution in [1.29, 1.82) is 0 Å². The Kier molecular flexibility index (Phi) is 4.39. The summed E-state index contributed by atoms with van der Waals surface area (Å²) in [6, 6.07) is 16.4. The van der Waals surface area contributed by atoms with E-state index in [1.54, 1.807) is 0 Å². The second-order valence-corrected chi connectivity index (χ2v) is 5.49. The molecule has 1 aliphatic rings. The Morgan fingerprint density at radius 1 is 1.09 bits per heavy atom. The number of benzene rings is 2. The van der Waals surface area contributed by atoms with Crippen LogP contribution in [0.3, 0.4) is 0 Å². The normalized spacial score (nSPS) is 13.0. The molecular weight excluding hydrogens is 274 g/mol. The number of carbonyl (C=O) groups is 1. The minimum atomic E-state index is 0.0189. The van der Waals surface area contributed by atoms with E-state index in [1.165, 1.54) is 11.3 Å². The van der Waals surface area contributed by atoms with Crippen molar-refractivity contribution in [3.63, 3.8) is 0 Å². The monoisotopic (exact) mass is 295 g/mol. The molecule has 2 aromatic rings. The quantitative estimate of drug-likeness (QED) is 0.891. The predicted molar refractivity (Wildman–Crippen MR) is 90.5 cm³/mol. The molecule has 2 aromatic carbocycles. The topological polar surface area (TPSA) is 58.4 Å². The summed E-state index contributed by atoms with van der Waals surface area (Å²) in [5.74, 6) is 0.0189. The van der Waals surface area contributed by atoms with E-state index in [0.717, 1.165) is 24.3 Å². The van der Waals surface area contributed by atoms with Crippen LogP contribution in [0.25, 0.3) is 0 Å². The van der Waals surface area contributed by atoms with Crippen molar-refractivity contribution in [2.75, 3.05) is 23.3 Å². The van der Waals surface area contributed by atoms with Gasteiger partial charge in [0.15, 0.2) is 0 Å². The lowest BCUT2D eigenvalue weighted by Gasteiger charge is -2.23. The molecule has 0 fully saturated rings. The first-order chi connectivity index (χ1) is 10.8. The van der Waals surface area contributed by atoms with Gasteiger partial charge < -0.3 is 16.0 Å². The van der Waals surface area contributed by atoms with Crippen LogP contribution in [0, 0.1) is 0 Å². The van der Waals surface area contributed by atoms with E-state index in [2.05, 4.69) is 40.5 Å². The van der Waals surface area contributed by atoms with E-state index < -0.39 is 0 Å². The van der Waals surface area contributed by atoms with Gasteiger partial charge in [0.1, 0.15) is 0 Å². The van der Waals surface area contributed by atoms with Crippen LogP contribution in [-0.4, -0.2) is 19.0 Å². The third-order valence-electron chi connectivity index (χ3n) is 3.96. The van der Waals surface area contributed by atoms with Crippen molar-refractivity contribution in [3.8, 4) is 0 Å². The number of hydrogen-bond acceptors (Lipinski definition) is 3. The number of fused-ring (bicyclic) bond motifs is 1. The van der Waals surface area contributed by atoms with Crippen LogP contribution in [0.5, 0.6) is 0 Å². The molecule has 1 aliphatic heterocycles. The molecule has 3 N–H and O–H groups in total. The summed E-state index contributed by atoms with van der Waals surface area (Å²) in [6.07, 6.45) is 2.20. The Morgan fingerprint density at radius 2 is 1.82 bits per heavy atom. The van der Waals surface area contributed by atoms with Crippen LogP contribution in [0.15, 0.2) is 48.5 Å². The van der Waals surface area contributed by atoms with Crippen LogP contribution in [-0.2, 0) is 11.2 Å². The summed E-state index contributed by atoms with van der Waals surface area (Å²) in [6.45, 7) is 1.48. The first kappa shape index (κ1) is 14.6. The SMILES string of the molecule is NCCCC(=O)Nc1ccccc1N1CCc2ccccc21. The maximum absolute atomic E-state index is 12.0. The van der Waals surface area contributed by atoms with Gasteiger partial charge in [-0.3, -0.25) is 4.79 Å². The highest BCUT2D eigenvalue weighted by Gasteiger charge is 2.22. The van der Waals surface area contributed by atoms with Gasteiger partial charge in [-0.1, -0.05) is 30.3 Å². The van der Waals surface area contributed by atoms with Crippen LogP contribution in [0.1, 0.15) is 18.4 Å². The molecule has 1 heterocycles. The van der Waals surface area contributed by atoms with Crippen LogP contribution >= 0.6 is 0 Å². The second-order valence-electron chi connectivity index (χ2n) is 5.49. The molecule has 0 atom stereocenters. The Morgan fingerprint density at radius 3 is 2.64 bits per heavy atom. The predicted octanol–water partition coefficient (Wildman–Crippen LogP) is 3.06. The molecule has 0 bridgehead atoms. The fourth-order valence-corrected chi connectivity index (χ4v) is 2.88. The molecule has 0 radical (unpaired) electrons. The number of carbonyl (C=O) groups excluding carboxylic acids is 1. The zero-order chi connectivity index (χ0) is 15.4. The lowest BCUT2D eigenvalue weighted by molar-refractivity contribution is -0.116. The van der Waals surface area contributed by atoms with E-state index in [-0.39, 0.29) is 5.91 Å². The maximum atomic E-state index is 12.0. The van der Waals surface area contributed by atoms with Crippen molar-refractivity contribution in [1.82, 2.24) is 0 Å². The van der Waals surface area contributed by atoms with Crippen LogP contribution < -0.4 is 16.0 Å². The highest BCUT2D eigenvalue weighted by atomic mass is 16.1. The third kappa shape index (κ3) is 2.97. The summed E-state index contributed by atoms with van der Waals surface area (Å²) >= 11 is 0. The number of nitrogens with two attached hydrogens (primary N) is 1. The van der Waals surface area contributed by atoms with Crippen molar-refractivity contribution in [2.24, 2.45) is 5.73 Å². The average molecular weight is 295 g/mol. The number of rotatable bonds is 5. The number of nitrogens with one attached hydrogen (secondary N) is 1. The Balaban J connectivity index is 1.85. The van der Waals surface area contributed by atoms with Crippen molar-refractivity contribution in [2.45, 2.75) is 19.3 Å². The molecule has 0 aliphatic carbocycles. The molecular formula is C18H21N3O. The molecule has 4 heteroatoms. The van der Waals surface area contributed by atoms with Crippen molar-refractivity contribution in [3.05, 3.63) is 54.1 Å². The summed E-state index contributed by atoms with van der Waals surface area (Å²) in [7, 11) is 0. The number of hydrogen-bond donors (Lipinski definition) is 2. The van der Waals surface area contributed by atoms with Crippen LogP contribution in [0.4, 0.5) is 17.1 Å². The summed E-state index contributed by atoms with van der Waals surface area (Å²) in [5, 5.41) is 3.02. The fraction of sp³-hybridized carbons (Fsp3) is 0.278. The Hall–Kier alpha value is -2.33. The molecule has 0 spiro atoms. The molecule has 1 amide bonds. The minimum absolute atomic E-state index is 0.0189. The Bertz CT molecular complexity index is 669. The molecule has 22 heavy (non-hydrogen) atoms. The third-order valence-corrected chi connectivity index (χ3v) is 3.96. The van der Waals surface area contributed by atoms with E-state index in [4.69, 9.17) is 5.73 Å². The van der Waals surface area contributed by atoms with E-state index in [1.807, 2.05) is 18.2 Å². The van der Waals surface area contributed by atoms with Gasteiger partial charge in [0, 0.05) is 18.7 Å². The summed E-state index contributed by atoms with van der Waals surface area (Å²) < 4.78 is 0. The maximum Gasteiger partial charge on any atom is 0.224 e. The largest absolute Gasteiger partial charge is 0.339 e. The smallest absolute Gasteiger partial charge is 0.224 e. The summed E-state index contributed by atoms with van der Waals surface area (Å²) in [5.41, 5.74) is 9.96. The molecule has 0 saturated heterocycles. The number of para-hydroxylation sites is 3. The van der Waals surface area contributed by atoms with Gasteiger partial charge in [-0.05, 0) is 43.1 Å². The second kappa shape index (κ2) is 6.62. The molecule has 0 unspecified atom stereocenters. The lowest BCUT2D eigenvalue weighted by Crippen LogP contribution is -2.18. The fourth-order valence-electron chi connectivity index (χ4n) is 2.88. The lowest BCUT2D eigenvalue weighted by atomic mass is 10.1. The molecule has 0 aromatic heterocycles. The van der Waals surface area contributed by atoms with E-state index in [9.17, 15) is 4.79 Å².